The third kappa shape index (κ3) is 0.443. The Morgan fingerprint density at radius 1 is 1.40 bits per heavy atom. The predicted octanol–water partition coefficient (Wildman–Crippen LogP) is 0.900. The molecule has 54 valence electrons. The standard InChI is InChI=1S/C8H12N2/c1-7-2-3-8(7,4-9)6-10-5-7/h10H,2-3,5-6H2,1H3. The van der Waals surface area contributed by atoms with Crippen molar-refractivity contribution in [3.05, 3.63) is 0 Å². The van der Waals surface area contributed by atoms with Crippen molar-refractivity contribution in [1.29, 1.82) is 5.26 Å². The van der Waals surface area contributed by atoms with Crippen LogP contribution in [-0.2, 0) is 0 Å². The van der Waals surface area contributed by atoms with E-state index in [9.17, 15) is 0 Å². The van der Waals surface area contributed by atoms with Crippen LogP contribution < -0.4 is 5.32 Å². The van der Waals surface area contributed by atoms with E-state index in [1.54, 1.807) is 0 Å². The van der Waals surface area contributed by atoms with Crippen LogP contribution in [0.15, 0.2) is 0 Å². The lowest BCUT2D eigenvalue weighted by Crippen LogP contribution is -2.47. The van der Waals surface area contributed by atoms with Crippen molar-refractivity contribution in [3.8, 4) is 6.07 Å². The van der Waals surface area contributed by atoms with Gasteiger partial charge >= 0.3 is 0 Å². The van der Waals surface area contributed by atoms with E-state index in [1.165, 1.54) is 6.42 Å². The van der Waals surface area contributed by atoms with E-state index < -0.39 is 0 Å². The fourth-order valence-electron chi connectivity index (χ4n) is 2.20. The second-order valence-corrected chi connectivity index (χ2v) is 3.86. The van der Waals surface area contributed by atoms with E-state index in [1.807, 2.05) is 0 Å². The van der Waals surface area contributed by atoms with Crippen LogP contribution in [0, 0.1) is 22.2 Å². The summed E-state index contributed by atoms with van der Waals surface area (Å²) in [5, 5.41) is 12.2. The van der Waals surface area contributed by atoms with Gasteiger partial charge in [-0.2, -0.15) is 5.26 Å². The van der Waals surface area contributed by atoms with E-state index in [4.69, 9.17) is 5.26 Å². The molecular weight excluding hydrogens is 124 g/mol. The van der Waals surface area contributed by atoms with E-state index >= 15 is 0 Å². The van der Waals surface area contributed by atoms with E-state index in [2.05, 4.69) is 18.3 Å². The second kappa shape index (κ2) is 1.54. The minimum absolute atomic E-state index is 0.00694. The molecule has 2 fully saturated rings. The average Bonchev–Trinajstić information content (AvgIpc) is 2.13. The summed E-state index contributed by atoms with van der Waals surface area (Å²) in [4.78, 5) is 0. The van der Waals surface area contributed by atoms with Crippen molar-refractivity contribution in [1.82, 2.24) is 5.32 Å². The summed E-state index contributed by atoms with van der Waals surface area (Å²) in [5.41, 5.74) is 0.314. The van der Waals surface area contributed by atoms with Gasteiger partial charge in [0.25, 0.3) is 0 Å². The highest BCUT2D eigenvalue weighted by atomic mass is 15.0. The molecule has 1 saturated carbocycles. The van der Waals surface area contributed by atoms with Gasteiger partial charge in [0.1, 0.15) is 0 Å². The molecule has 10 heavy (non-hydrogen) atoms. The summed E-state index contributed by atoms with van der Waals surface area (Å²) in [7, 11) is 0. The third-order valence-electron chi connectivity index (χ3n) is 3.41. The number of nitriles is 1. The highest BCUT2D eigenvalue weighted by molar-refractivity contribution is 5.20. The van der Waals surface area contributed by atoms with Crippen LogP contribution in [0.5, 0.6) is 0 Å². The molecule has 2 heteroatoms. The van der Waals surface area contributed by atoms with Crippen LogP contribution in [0.4, 0.5) is 0 Å². The van der Waals surface area contributed by atoms with Gasteiger partial charge in [0.15, 0.2) is 0 Å². The largest absolute Gasteiger partial charge is 0.315 e. The zero-order valence-corrected chi connectivity index (χ0v) is 6.28. The normalized spacial score (nSPS) is 51.2. The Bertz CT molecular complexity index is 206. The lowest BCUT2D eigenvalue weighted by atomic mass is 9.53. The summed E-state index contributed by atoms with van der Waals surface area (Å²) in [6.45, 7) is 4.18. The molecule has 1 aliphatic heterocycles. The van der Waals surface area contributed by atoms with Crippen LogP contribution >= 0.6 is 0 Å². The lowest BCUT2D eigenvalue weighted by molar-refractivity contribution is 0.0409. The summed E-state index contributed by atoms with van der Waals surface area (Å²) >= 11 is 0. The zero-order chi connectivity index (χ0) is 7.24. The molecule has 0 radical (unpaired) electrons. The van der Waals surface area contributed by atoms with Crippen molar-refractivity contribution in [3.63, 3.8) is 0 Å². The molecule has 1 aliphatic carbocycles. The Balaban J connectivity index is 2.33. The fraction of sp³-hybridized carbons (Fsp3) is 0.875. The maximum Gasteiger partial charge on any atom is 0.0763 e. The molecule has 2 aliphatic rings. The Morgan fingerprint density at radius 3 is 2.50 bits per heavy atom. The summed E-state index contributed by atoms with van der Waals surface area (Å²) < 4.78 is 0. The Morgan fingerprint density at radius 2 is 2.20 bits per heavy atom. The Kier molecular flexibility index (Phi) is 0.952. The number of rotatable bonds is 0. The monoisotopic (exact) mass is 136 g/mol. The summed E-state index contributed by atoms with van der Waals surface area (Å²) in [6, 6.07) is 2.45. The highest BCUT2D eigenvalue weighted by Crippen LogP contribution is 2.58. The fourth-order valence-corrected chi connectivity index (χ4v) is 2.20. The van der Waals surface area contributed by atoms with Gasteiger partial charge in [-0.3, -0.25) is 0 Å². The SMILES string of the molecule is CC12CCC1(C#N)CNC2. The smallest absolute Gasteiger partial charge is 0.0763 e. The zero-order valence-electron chi connectivity index (χ0n) is 6.28. The Labute approximate surface area is 61.2 Å². The highest BCUT2D eigenvalue weighted by Gasteiger charge is 2.59. The molecule has 1 N–H and O–H groups in total. The first-order valence-corrected chi connectivity index (χ1v) is 3.84. The molecule has 2 unspecified atom stereocenters. The maximum atomic E-state index is 8.92. The first-order valence-electron chi connectivity index (χ1n) is 3.84. The molecule has 0 aromatic heterocycles. The maximum absolute atomic E-state index is 8.92. The molecule has 2 rings (SSSR count). The van der Waals surface area contributed by atoms with E-state index in [-0.39, 0.29) is 5.41 Å². The average molecular weight is 136 g/mol. The number of hydrogen-bond acceptors (Lipinski definition) is 2. The lowest BCUT2D eigenvalue weighted by Gasteiger charge is -2.47. The number of nitrogens with zero attached hydrogens (tertiary/aromatic N) is 1. The van der Waals surface area contributed by atoms with Gasteiger partial charge in [0.05, 0.1) is 11.5 Å². The second-order valence-electron chi connectivity index (χ2n) is 3.86. The van der Waals surface area contributed by atoms with E-state index in [0.29, 0.717) is 5.41 Å². The number of fused-ring (bicyclic) bond motifs is 1. The van der Waals surface area contributed by atoms with Gasteiger partial charge in [-0.25, -0.2) is 0 Å². The van der Waals surface area contributed by atoms with Gasteiger partial charge in [-0.05, 0) is 18.3 Å². The molecule has 1 heterocycles. The van der Waals surface area contributed by atoms with Crippen LogP contribution in [0.3, 0.4) is 0 Å². The summed E-state index contributed by atoms with van der Waals surface area (Å²) in [6.07, 6.45) is 2.33. The quantitative estimate of drug-likeness (QED) is 0.537. The number of hydrogen-bond donors (Lipinski definition) is 1. The van der Waals surface area contributed by atoms with Gasteiger partial charge in [-0.15, -0.1) is 0 Å². The van der Waals surface area contributed by atoms with Crippen molar-refractivity contribution in [2.24, 2.45) is 10.8 Å². The molecule has 0 bridgehead atoms. The minimum Gasteiger partial charge on any atom is -0.315 e. The first kappa shape index (κ1) is 6.18. The van der Waals surface area contributed by atoms with Gasteiger partial charge in [0.2, 0.25) is 0 Å². The molecule has 0 amide bonds. The van der Waals surface area contributed by atoms with Gasteiger partial charge < -0.3 is 5.32 Å². The molecule has 2 atom stereocenters. The molecule has 1 saturated heterocycles. The molecule has 0 aromatic rings. The van der Waals surface area contributed by atoms with Gasteiger partial charge in [-0.1, -0.05) is 6.92 Å². The van der Waals surface area contributed by atoms with Crippen molar-refractivity contribution < 1.29 is 0 Å². The topological polar surface area (TPSA) is 35.8 Å². The van der Waals surface area contributed by atoms with Crippen molar-refractivity contribution in [2.45, 2.75) is 19.8 Å². The van der Waals surface area contributed by atoms with Crippen LogP contribution in [0.25, 0.3) is 0 Å². The van der Waals surface area contributed by atoms with Crippen LogP contribution in [0.2, 0.25) is 0 Å². The van der Waals surface area contributed by atoms with E-state index in [0.717, 1.165) is 19.5 Å². The van der Waals surface area contributed by atoms with Gasteiger partial charge in [0, 0.05) is 13.1 Å². The minimum atomic E-state index is 0.00694. The molecule has 0 spiro atoms. The third-order valence-corrected chi connectivity index (χ3v) is 3.41. The van der Waals surface area contributed by atoms with Crippen LogP contribution in [0.1, 0.15) is 19.8 Å². The van der Waals surface area contributed by atoms with Crippen molar-refractivity contribution in [2.75, 3.05) is 13.1 Å². The predicted molar refractivity (Wildman–Crippen MR) is 38.3 cm³/mol. The summed E-state index contributed by atoms with van der Waals surface area (Å²) in [5.74, 6) is 0. The first-order chi connectivity index (χ1) is 4.72. The molecule has 2 nitrogen and oxygen atoms in total. The molecular formula is C8H12N2. The molecule has 0 aromatic carbocycles. The number of nitrogens with one attached hydrogen (secondary N) is 1. The van der Waals surface area contributed by atoms with Crippen molar-refractivity contribution >= 4 is 0 Å². The van der Waals surface area contributed by atoms with Crippen LogP contribution in [-0.4, -0.2) is 13.1 Å². The Hall–Kier alpha value is -0.550.